The molecule has 0 radical (unpaired) electrons. The van der Waals surface area contributed by atoms with Gasteiger partial charge in [-0.15, -0.1) is 0 Å². The summed E-state index contributed by atoms with van der Waals surface area (Å²) < 4.78 is 5.74. The quantitative estimate of drug-likeness (QED) is 0.872. The first-order valence-electron chi connectivity index (χ1n) is 7.08. The van der Waals surface area contributed by atoms with Crippen LogP contribution >= 0.6 is 0 Å². The Morgan fingerprint density at radius 1 is 1.47 bits per heavy atom. The zero-order valence-electron chi connectivity index (χ0n) is 11.2. The van der Waals surface area contributed by atoms with Crippen LogP contribution in [0, 0.1) is 5.92 Å². The lowest BCUT2D eigenvalue weighted by Gasteiger charge is -2.26. The van der Waals surface area contributed by atoms with Crippen molar-refractivity contribution in [2.45, 2.75) is 38.3 Å². The van der Waals surface area contributed by atoms with Crippen molar-refractivity contribution in [2.24, 2.45) is 5.92 Å². The van der Waals surface area contributed by atoms with E-state index in [0.29, 0.717) is 18.5 Å². The molecule has 1 heterocycles. The Morgan fingerprint density at radius 2 is 2.32 bits per heavy atom. The summed E-state index contributed by atoms with van der Waals surface area (Å²) in [5.41, 5.74) is 0.960. The largest absolute Gasteiger partial charge is 0.477 e. The molecule has 4 heteroatoms. The number of hydrogen-bond acceptors (Lipinski definition) is 3. The number of anilines is 1. The number of rotatable bonds is 4. The average molecular weight is 260 g/mol. The van der Waals surface area contributed by atoms with E-state index < -0.39 is 6.10 Å². The summed E-state index contributed by atoms with van der Waals surface area (Å²) in [6, 6.07) is 8.09. The molecule has 0 saturated heterocycles. The van der Waals surface area contributed by atoms with E-state index in [9.17, 15) is 4.79 Å². The molecule has 3 unspecified atom stereocenters. The highest BCUT2D eigenvalue weighted by molar-refractivity contribution is 5.83. The maximum absolute atomic E-state index is 12.1. The maximum atomic E-state index is 12.1. The molecule has 19 heavy (non-hydrogen) atoms. The van der Waals surface area contributed by atoms with Gasteiger partial charge in [-0.05, 0) is 30.9 Å². The minimum Gasteiger partial charge on any atom is -0.477 e. The summed E-state index contributed by atoms with van der Waals surface area (Å²) >= 11 is 0. The lowest BCUT2D eigenvalue weighted by molar-refractivity contribution is -0.127. The van der Waals surface area contributed by atoms with Crippen molar-refractivity contribution in [2.75, 3.05) is 11.9 Å². The zero-order valence-corrected chi connectivity index (χ0v) is 11.2. The summed E-state index contributed by atoms with van der Waals surface area (Å²) in [4.78, 5) is 12.1. The van der Waals surface area contributed by atoms with Gasteiger partial charge in [0.1, 0.15) is 5.75 Å². The average Bonchev–Trinajstić information content (AvgIpc) is 3.16. The second kappa shape index (κ2) is 5.11. The normalized spacial score (nSPS) is 27.7. The minimum absolute atomic E-state index is 0.00519. The first kappa shape index (κ1) is 12.3. The van der Waals surface area contributed by atoms with Crippen molar-refractivity contribution in [3.05, 3.63) is 24.3 Å². The summed E-state index contributed by atoms with van der Waals surface area (Å²) in [7, 11) is 0. The monoisotopic (exact) mass is 260 g/mol. The number of carbonyl (C=O) groups excluding carboxylic acids is 1. The SMILES string of the molecule is CCCC1CC1NC(=O)C1CNc2ccccc2O1. The van der Waals surface area contributed by atoms with Crippen LogP contribution in [0.3, 0.4) is 0 Å². The van der Waals surface area contributed by atoms with Gasteiger partial charge in [0, 0.05) is 6.04 Å². The smallest absolute Gasteiger partial charge is 0.263 e. The number of ether oxygens (including phenoxy) is 1. The van der Waals surface area contributed by atoms with Crippen molar-refractivity contribution in [3.63, 3.8) is 0 Å². The number of nitrogens with one attached hydrogen (secondary N) is 2. The Hall–Kier alpha value is -1.71. The number of amides is 1. The lowest BCUT2D eigenvalue weighted by atomic mass is 10.2. The summed E-state index contributed by atoms with van der Waals surface area (Å²) in [6.07, 6.45) is 3.09. The topological polar surface area (TPSA) is 50.4 Å². The first-order chi connectivity index (χ1) is 9.28. The zero-order chi connectivity index (χ0) is 13.2. The summed E-state index contributed by atoms with van der Waals surface area (Å²) in [6.45, 7) is 2.72. The molecular weight excluding hydrogens is 240 g/mol. The van der Waals surface area contributed by atoms with Crippen LogP contribution in [0.5, 0.6) is 5.75 Å². The van der Waals surface area contributed by atoms with E-state index in [1.807, 2.05) is 24.3 Å². The maximum Gasteiger partial charge on any atom is 0.263 e. The Labute approximate surface area is 113 Å². The molecule has 102 valence electrons. The van der Waals surface area contributed by atoms with Gasteiger partial charge in [0.05, 0.1) is 12.2 Å². The van der Waals surface area contributed by atoms with Gasteiger partial charge in [-0.25, -0.2) is 0 Å². The lowest BCUT2D eigenvalue weighted by Crippen LogP contribution is -2.45. The number of benzene rings is 1. The Morgan fingerprint density at radius 3 is 3.16 bits per heavy atom. The van der Waals surface area contributed by atoms with E-state index in [1.165, 1.54) is 12.8 Å². The fraction of sp³-hybridized carbons (Fsp3) is 0.533. The van der Waals surface area contributed by atoms with Gasteiger partial charge >= 0.3 is 0 Å². The van der Waals surface area contributed by atoms with E-state index >= 15 is 0 Å². The summed E-state index contributed by atoms with van der Waals surface area (Å²) in [5.74, 6) is 1.44. The predicted octanol–water partition coefficient (Wildman–Crippen LogP) is 2.16. The highest BCUT2D eigenvalue weighted by Gasteiger charge is 2.39. The highest BCUT2D eigenvalue weighted by Crippen LogP contribution is 2.35. The Balaban J connectivity index is 1.55. The first-order valence-corrected chi connectivity index (χ1v) is 7.08. The standard InChI is InChI=1S/C15H20N2O2/c1-2-5-10-8-12(10)17-15(18)14-9-16-11-6-3-4-7-13(11)19-14/h3-4,6-7,10,12,14,16H,2,5,8-9H2,1H3,(H,17,18). The number of carbonyl (C=O) groups is 1. The number of fused-ring (bicyclic) bond motifs is 1. The fourth-order valence-corrected chi connectivity index (χ4v) is 2.65. The third kappa shape index (κ3) is 2.67. The van der Waals surface area contributed by atoms with Crippen LogP contribution in [0.1, 0.15) is 26.2 Å². The highest BCUT2D eigenvalue weighted by atomic mass is 16.5. The van der Waals surface area contributed by atoms with E-state index in [4.69, 9.17) is 4.74 Å². The molecule has 1 aromatic rings. The Bertz CT molecular complexity index is 475. The van der Waals surface area contributed by atoms with Crippen LogP contribution in [0.4, 0.5) is 5.69 Å². The molecule has 0 aromatic heterocycles. The van der Waals surface area contributed by atoms with Crippen molar-refractivity contribution in [1.82, 2.24) is 5.32 Å². The van der Waals surface area contributed by atoms with Crippen molar-refractivity contribution in [1.29, 1.82) is 0 Å². The van der Waals surface area contributed by atoms with Gasteiger partial charge in [0.15, 0.2) is 6.10 Å². The number of para-hydroxylation sites is 2. The van der Waals surface area contributed by atoms with E-state index in [-0.39, 0.29) is 5.91 Å². The van der Waals surface area contributed by atoms with Gasteiger partial charge in [-0.3, -0.25) is 4.79 Å². The van der Waals surface area contributed by atoms with Crippen LogP contribution in [0.25, 0.3) is 0 Å². The molecular formula is C15H20N2O2. The van der Waals surface area contributed by atoms with Crippen molar-refractivity contribution < 1.29 is 9.53 Å². The fourth-order valence-electron chi connectivity index (χ4n) is 2.65. The molecule has 3 rings (SSSR count). The predicted molar refractivity (Wildman–Crippen MR) is 74.3 cm³/mol. The van der Waals surface area contributed by atoms with E-state index in [1.54, 1.807) is 0 Å². The van der Waals surface area contributed by atoms with Gasteiger partial charge in [0.2, 0.25) is 0 Å². The Kier molecular flexibility index (Phi) is 3.32. The third-order valence-electron chi connectivity index (χ3n) is 3.84. The third-order valence-corrected chi connectivity index (χ3v) is 3.84. The van der Waals surface area contributed by atoms with Crippen molar-refractivity contribution >= 4 is 11.6 Å². The van der Waals surface area contributed by atoms with Crippen LogP contribution < -0.4 is 15.4 Å². The van der Waals surface area contributed by atoms with Crippen LogP contribution in [0.15, 0.2) is 24.3 Å². The molecule has 0 bridgehead atoms. The van der Waals surface area contributed by atoms with Crippen LogP contribution in [-0.4, -0.2) is 24.6 Å². The molecule has 1 aliphatic heterocycles. The molecule has 0 spiro atoms. The number of hydrogen-bond donors (Lipinski definition) is 2. The second-order valence-corrected chi connectivity index (χ2v) is 5.38. The van der Waals surface area contributed by atoms with E-state index in [2.05, 4.69) is 17.6 Å². The van der Waals surface area contributed by atoms with Crippen LogP contribution in [0.2, 0.25) is 0 Å². The summed E-state index contributed by atoms with van der Waals surface area (Å²) in [5, 5.41) is 6.32. The van der Waals surface area contributed by atoms with Gasteiger partial charge in [-0.1, -0.05) is 25.5 Å². The van der Waals surface area contributed by atoms with Crippen LogP contribution in [-0.2, 0) is 4.79 Å². The van der Waals surface area contributed by atoms with Gasteiger partial charge in [-0.2, -0.15) is 0 Å². The second-order valence-electron chi connectivity index (χ2n) is 5.38. The molecule has 1 aliphatic carbocycles. The molecule has 4 nitrogen and oxygen atoms in total. The minimum atomic E-state index is -0.419. The van der Waals surface area contributed by atoms with Gasteiger partial charge < -0.3 is 15.4 Å². The molecule has 2 aliphatic rings. The molecule has 3 atom stereocenters. The van der Waals surface area contributed by atoms with Crippen molar-refractivity contribution in [3.8, 4) is 5.75 Å². The molecule has 1 aromatic carbocycles. The molecule has 1 amide bonds. The molecule has 1 fully saturated rings. The van der Waals surface area contributed by atoms with Gasteiger partial charge in [0.25, 0.3) is 5.91 Å². The van der Waals surface area contributed by atoms with E-state index in [0.717, 1.165) is 17.9 Å². The molecule has 1 saturated carbocycles. The molecule has 2 N–H and O–H groups in total.